The van der Waals surface area contributed by atoms with Crippen LogP contribution in [0.25, 0.3) is 17.0 Å². The van der Waals surface area contributed by atoms with Gasteiger partial charge < -0.3 is 10.1 Å². The Labute approximate surface area is 187 Å². The summed E-state index contributed by atoms with van der Waals surface area (Å²) < 4.78 is 58.4. The third-order valence-electron chi connectivity index (χ3n) is 6.71. The third kappa shape index (κ3) is 3.72. The number of aromatic nitrogens is 1. The minimum absolute atomic E-state index is 0.0682. The van der Waals surface area contributed by atoms with Crippen molar-refractivity contribution < 1.29 is 27.5 Å². The fourth-order valence-electron chi connectivity index (χ4n) is 5.31. The van der Waals surface area contributed by atoms with Crippen molar-refractivity contribution in [2.24, 2.45) is 0 Å². The molecule has 33 heavy (non-hydrogen) atoms. The van der Waals surface area contributed by atoms with E-state index >= 15 is 8.78 Å². The van der Waals surface area contributed by atoms with Crippen LogP contribution in [0.15, 0.2) is 42.5 Å². The highest BCUT2D eigenvalue weighted by molar-refractivity contribution is 5.86. The zero-order chi connectivity index (χ0) is 23.5. The highest BCUT2D eigenvalue weighted by Gasteiger charge is 2.52. The lowest BCUT2D eigenvalue weighted by Crippen LogP contribution is -2.57. The number of hydrogen-bond donors (Lipinski definition) is 2. The number of H-pyrrole nitrogens is 1. The van der Waals surface area contributed by atoms with Crippen molar-refractivity contribution in [3.8, 4) is 0 Å². The summed E-state index contributed by atoms with van der Waals surface area (Å²) in [6.07, 6.45) is 1.77. The largest absolute Gasteiger partial charge is 0.478 e. The van der Waals surface area contributed by atoms with E-state index in [1.54, 1.807) is 0 Å². The van der Waals surface area contributed by atoms with Crippen molar-refractivity contribution in [1.82, 2.24) is 9.88 Å². The lowest BCUT2D eigenvalue weighted by atomic mass is 9.80. The van der Waals surface area contributed by atoms with Crippen LogP contribution in [0.4, 0.5) is 17.6 Å². The first kappa shape index (κ1) is 21.7. The number of aliphatic carboxylic acids is 1. The molecule has 0 bridgehead atoms. The van der Waals surface area contributed by atoms with E-state index in [9.17, 15) is 13.6 Å². The lowest BCUT2D eigenvalue weighted by molar-refractivity contribution is -0.139. The number of alkyl halides is 2. The van der Waals surface area contributed by atoms with Crippen molar-refractivity contribution in [3.05, 3.63) is 76.5 Å². The molecule has 8 heteroatoms. The molecule has 1 saturated carbocycles. The van der Waals surface area contributed by atoms with Gasteiger partial charge in [0.05, 0.1) is 6.04 Å². The molecule has 2 aromatic carbocycles. The maximum absolute atomic E-state index is 15.4. The average Bonchev–Trinajstić information content (AvgIpc) is 3.08. The Morgan fingerprint density at radius 1 is 1.18 bits per heavy atom. The molecule has 0 amide bonds. The van der Waals surface area contributed by atoms with Crippen LogP contribution in [0.1, 0.15) is 48.2 Å². The van der Waals surface area contributed by atoms with Crippen LogP contribution in [0.3, 0.4) is 0 Å². The first-order valence-corrected chi connectivity index (χ1v) is 10.8. The van der Waals surface area contributed by atoms with Gasteiger partial charge in [-0.1, -0.05) is 18.2 Å². The van der Waals surface area contributed by atoms with E-state index in [4.69, 9.17) is 5.11 Å². The number of nitrogens with zero attached hydrogens (tertiary/aromatic N) is 1. The van der Waals surface area contributed by atoms with Gasteiger partial charge in [0, 0.05) is 53.2 Å². The predicted molar refractivity (Wildman–Crippen MR) is 116 cm³/mol. The minimum Gasteiger partial charge on any atom is -0.478 e. The molecule has 4 nitrogen and oxygen atoms in total. The fourth-order valence-corrected chi connectivity index (χ4v) is 5.31. The first-order chi connectivity index (χ1) is 15.6. The van der Waals surface area contributed by atoms with Gasteiger partial charge in [-0.25, -0.2) is 22.4 Å². The number of fused-ring (bicyclic) bond motifs is 3. The second kappa shape index (κ2) is 7.73. The SMILES string of the molecule is CC1Cc2c([nH]c3ccccc23)C(c2c(F)cc(/C=C/C(=O)O)cc2F)N1C1CC(F)(F)C1. The summed E-state index contributed by atoms with van der Waals surface area (Å²) in [4.78, 5) is 15.9. The normalized spacial score (nSPS) is 23.1. The Kier molecular flexibility index (Phi) is 5.08. The Morgan fingerprint density at radius 3 is 2.48 bits per heavy atom. The van der Waals surface area contributed by atoms with Gasteiger partial charge in [0.1, 0.15) is 11.6 Å². The van der Waals surface area contributed by atoms with Crippen molar-refractivity contribution in [2.75, 3.05) is 0 Å². The number of aromatic amines is 1. The Balaban J connectivity index is 1.67. The average molecular weight is 458 g/mol. The van der Waals surface area contributed by atoms with E-state index in [0.717, 1.165) is 40.8 Å². The van der Waals surface area contributed by atoms with Gasteiger partial charge in [-0.2, -0.15) is 0 Å². The van der Waals surface area contributed by atoms with Crippen molar-refractivity contribution in [3.63, 3.8) is 0 Å². The summed E-state index contributed by atoms with van der Waals surface area (Å²) in [5.41, 5.74) is 2.20. The Morgan fingerprint density at radius 2 is 1.85 bits per heavy atom. The summed E-state index contributed by atoms with van der Waals surface area (Å²) in [5.74, 6) is -5.71. The molecule has 2 atom stereocenters. The maximum Gasteiger partial charge on any atom is 0.328 e. The zero-order valence-corrected chi connectivity index (χ0v) is 17.8. The second-order valence-corrected chi connectivity index (χ2v) is 8.95. The van der Waals surface area contributed by atoms with Crippen LogP contribution < -0.4 is 0 Å². The molecule has 0 saturated heterocycles. The summed E-state index contributed by atoms with van der Waals surface area (Å²) in [6, 6.07) is 8.09. The summed E-state index contributed by atoms with van der Waals surface area (Å²) in [6.45, 7) is 1.90. The molecule has 1 aliphatic carbocycles. The van der Waals surface area contributed by atoms with Gasteiger partial charge in [0.25, 0.3) is 5.92 Å². The van der Waals surface area contributed by atoms with Crippen LogP contribution in [-0.2, 0) is 11.2 Å². The molecule has 2 unspecified atom stereocenters. The lowest BCUT2D eigenvalue weighted by Gasteiger charge is -2.51. The molecule has 0 radical (unpaired) electrons. The van der Waals surface area contributed by atoms with Gasteiger partial charge in [-0.05, 0) is 48.7 Å². The molecule has 3 aromatic rings. The van der Waals surface area contributed by atoms with E-state index in [-0.39, 0.29) is 30.0 Å². The first-order valence-electron chi connectivity index (χ1n) is 10.8. The van der Waals surface area contributed by atoms with Crippen LogP contribution in [0, 0.1) is 11.6 Å². The summed E-state index contributed by atoms with van der Waals surface area (Å²) in [5, 5.41) is 9.75. The monoisotopic (exact) mass is 458 g/mol. The number of rotatable bonds is 4. The third-order valence-corrected chi connectivity index (χ3v) is 6.71. The number of halogens is 4. The van der Waals surface area contributed by atoms with Crippen molar-refractivity contribution in [2.45, 2.75) is 50.2 Å². The van der Waals surface area contributed by atoms with Crippen LogP contribution in [0.5, 0.6) is 0 Å². The summed E-state index contributed by atoms with van der Waals surface area (Å²) in [7, 11) is 0. The molecule has 1 fully saturated rings. The Hall–Kier alpha value is -3.13. The number of para-hydroxylation sites is 1. The number of hydrogen-bond acceptors (Lipinski definition) is 2. The molecule has 2 N–H and O–H groups in total. The number of carbonyl (C=O) groups is 1. The van der Waals surface area contributed by atoms with E-state index < -0.39 is 35.6 Å². The number of carboxylic acids is 1. The number of nitrogens with one attached hydrogen (secondary N) is 1. The molecule has 5 rings (SSSR count). The van der Waals surface area contributed by atoms with Gasteiger partial charge >= 0.3 is 5.97 Å². The molecular formula is C25H22F4N2O2. The standard InChI is InChI=1S/C25H22F4N2O2/c1-13-8-17-16-4-2-3-5-20(16)30-23(17)24(31(13)15-11-25(28,29)12-15)22-18(26)9-14(10-19(22)27)6-7-21(32)33/h2-7,9-10,13,15,24,30H,8,11-12H2,1H3,(H,32,33)/b7-6+. The topological polar surface area (TPSA) is 56.3 Å². The predicted octanol–water partition coefficient (Wildman–Crippen LogP) is 5.68. The number of benzene rings is 2. The molecule has 1 aromatic heterocycles. The minimum atomic E-state index is -2.78. The maximum atomic E-state index is 15.4. The molecule has 172 valence electrons. The van der Waals surface area contributed by atoms with Gasteiger partial charge in [-0.3, -0.25) is 4.90 Å². The van der Waals surface area contributed by atoms with Crippen LogP contribution in [-0.4, -0.2) is 39.0 Å². The van der Waals surface area contributed by atoms with Gasteiger partial charge in [0.15, 0.2) is 0 Å². The van der Waals surface area contributed by atoms with Crippen molar-refractivity contribution >= 4 is 22.9 Å². The van der Waals surface area contributed by atoms with E-state index in [2.05, 4.69) is 4.98 Å². The molecule has 2 heterocycles. The van der Waals surface area contributed by atoms with Gasteiger partial charge in [-0.15, -0.1) is 0 Å². The van der Waals surface area contributed by atoms with Crippen LogP contribution >= 0.6 is 0 Å². The second-order valence-electron chi connectivity index (χ2n) is 8.95. The molecule has 2 aliphatic rings. The zero-order valence-electron chi connectivity index (χ0n) is 17.8. The molecular weight excluding hydrogens is 436 g/mol. The molecule has 1 aliphatic heterocycles. The van der Waals surface area contributed by atoms with Crippen LogP contribution in [0.2, 0.25) is 0 Å². The smallest absolute Gasteiger partial charge is 0.328 e. The van der Waals surface area contributed by atoms with Crippen molar-refractivity contribution in [1.29, 1.82) is 0 Å². The fraction of sp³-hybridized carbons (Fsp3) is 0.320. The van der Waals surface area contributed by atoms with Gasteiger partial charge in [0.2, 0.25) is 0 Å². The van der Waals surface area contributed by atoms with E-state index in [1.165, 1.54) is 0 Å². The molecule has 0 spiro atoms. The highest BCUT2D eigenvalue weighted by Crippen LogP contribution is 2.49. The summed E-state index contributed by atoms with van der Waals surface area (Å²) >= 11 is 0. The van der Waals surface area contributed by atoms with E-state index in [0.29, 0.717) is 12.1 Å². The number of carboxylic acid groups (broad SMARTS) is 1. The van der Waals surface area contributed by atoms with E-state index in [1.807, 2.05) is 36.1 Å². The highest BCUT2D eigenvalue weighted by atomic mass is 19.3. The quantitative estimate of drug-likeness (QED) is 0.391. The Bertz CT molecular complexity index is 1250.